The first-order valence-corrected chi connectivity index (χ1v) is 15.6. The van der Waals surface area contributed by atoms with Gasteiger partial charge in [-0.15, -0.1) is 0 Å². The molecule has 0 amide bonds. The number of piperidine rings is 1. The minimum atomic E-state index is -1.81. The van der Waals surface area contributed by atoms with E-state index in [0.717, 1.165) is 58.7 Å². The first kappa shape index (κ1) is 31.8. The smallest absolute Gasteiger partial charge is 0.335 e. The van der Waals surface area contributed by atoms with Gasteiger partial charge in [0.05, 0.1) is 5.69 Å². The van der Waals surface area contributed by atoms with Gasteiger partial charge < -0.3 is 44.3 Å². The number of aromatic nitrogens is 1. The lowest BCUT2D eigenvalue weighted by Crippen LogP contribution is -2.61. The Balaban J connectivity index is 1.26. The molecule has 0 aliphatic carbocycles. The molecule has 2 aliphatic rings. The average Bonchev–Trinajstić information content (AvgIpc) is 3.32. The van der Waals surface area contributed by atoms with Gasteiger partial charge in [0.1, 0.15) is 42.2 Å². The standard InChI is InChI=1S/C35H40N2O9/c1-21-27-19-26(45-35-32(41)30(39)31(40)33(46-35)34(42)43)13-14-28(27)37(29(21)23-7-9-24(38)10-8-23)20-22-5-11-25(12-6-22)44-18-17-36-15-3-2-4-16-36/h5-14,19,30-33,35,38-41H,2-4,15-18,20H2,1H3,(H,42,43)/t30-,31-,32+,33-,35+/m0/s1. The minimum Gasteiger partial charge on any atom is -0.508 e. The molecule has 4 aromatic rings. The van der Waals surface area contributed by atoms with E-state index in [9.17, 15) is 30.3 Å². The number of likely N-dealkylation sites (tertiary alicyclic amines) is 1. The van der Waals surface area contributed by atoms with Crippen molar-refractivity contribution in [1.82, 2.24) is 9.47 Å². The van der Waals surface area contributed by atoms with E-state index in [2.05, 4.69) is 21.6 Å². The summed E-state index contributed by atoms with van der Waals surface area (Å²) in [4.78, 5) is 14.0. The maximum atomic E-state index is 11.5. The van der Waals surface area contributed by atoms with E-state index in [1.165, 1.54) is 19.3 Å². The first-order valence-electron chi connectivity index (χ1n) is 15.6. The third-order valence-electron chi connectivity index (χ3n) is 8.88. The number of phenols is 1. The van der Waals surface area contributed by atoms with Crippen LogP contribution in [0.15, 0.2) is 66.7 Å². The number of aliphatic hydroxyl groups excluding tert-OH is 3. The summed E-state index contributed by atoms with van der Waals surface area (Å²) in [6, 6.07) is 20.4. The largest absolute Gasteiger partial charge is 0.508 e. The quantitative estimate of drug-likeness (QED) is 0.176. The number of aliphatic carboxylic acids is 1. The van der Waals surface area contributed by atoms with Gasteiger partial charge in [-0.1, -0.05) is 18.6 Å². The van der Waals surface area contributed by atoms with Crippen molar-refractivity contribution in [2.75, 3.05) is 26.2 Å². The van der Waals surface area contributed by atoms with Crippen LogP contribution in [0.3, 0.4) is 0 Å². The number of benzene rings is 3. The van der Waals surface area contributed by atoms with Crippen LogP contribution in [0.25, 0.3) is 22.2 Å². The first-order chi connectivity index (χ1) is 22.2. The zero-order chi connectivity index (χ0) is 32.4. The second-order valence-electron chi connectivity index (χ2n) is 12.0. The number of aryl methyl sites for hydroxylation is 1. The van der Waals surface area contributed by atoms with Gasteiger partial charge >= 0.3 is 5.97 Å². The molecule has 3 heterocycles. The molecule has 0 unspecified atom stereocenters. The summed E-state index contributed by atoms with van der Waals surface area (Å²) in [5, 5.41) is 50.9. The lowest BCUT2D eigenvalue weighted by Gasteiger charge is -2.38. The third kappa shape index (κ3) is 6.69. The normalized spacial score (nSPS) is 23.8. The summed E-state index contributed by atoms with van der Waals surface area (Å²) in [6.45, 7) is 6.37. The van der Waals surface area contributed by atoms with E-state index in [-0.39, 0.29) is 11.5 Å². The highest BCUT2D eigenvalue weighted by molar-refractivity contribution is 5.92. The van der Waals surface area contributed by atoms with Crippen LogP contribution >= 0.6 is 0 Å². The van der Waals surface area contributed by atoms with Gasteiger partial charge in [-0.3, -0.25) is 4.90 Å². The van der Waals surface area contributed by atoms with Crippen molar-refractivity contribution in [3.05, 3.63) is 77.9 Å². The van der Waals surface area contributed by atoms with E-state index < -0.39 is 36.7 Å². The second kappa shape index (κ2) is 13.7. The van der Waals surface area contributed by atoms with Gasteiger partial charge in [0, 0.05) is 24.0 Å². The Morgan fingerprint density at radius 1 is 0.891 bits per heavy atom. The number of aromatic hydroxyl groups is 1. The Kier molecular flexibility index (Phi) is 9.48. The number of hydrogen-bond acceptors (Lipinski definition) is 9. The Bertz CT molecular complexity index is 1650. The Hall–Kier alpha value is -4.13. The molecule has 0 saturated carbocycles. The van der Waals surface area contributed by atoms with Crippen molar-refractivity contribution in [2.24, 2.45) is 0 Å². The molecular formula is C35H40N2O9. The summed E-state index contributed by atoms with van der Waals surface area (Å²) >= 11 is 0. The van der Waals surface area contributed by atoms with Crippen LogP contribution in [0.2, 0.25) is 0 Å². The van der Waals surface area contributed by atoms with Crippen LogP contribution in [-0.2, 0) is 16.1 Å². The summed E-state index contributed by atoms with van der Waals surface area (Å²) in [5.74, 6) is -0.211. The van der Waals surface area contributed by atoms with Gasteiger partial charge in [-0.05, 0) is 104 Å². The van der Waals surface area contributed by atoms with E-state index in [4.69, 9.17) is 14.2 Å². The summed E-state index contributed by atoms with van der Waals surface area (Å²) in [7, 11) is 0. The lowest BCUT2D eigenvalue weighted by molar-refractivity contribution is -0.271. The Morgan fingerprint density at radius 2 is 1.59 bits per heavy atom. The van der Waals surface area contributed by atoms with Crippen LogP contribution < -0.4 is 9.47 Å². The van der Waals surface area contributed by atoms with Gasteiger partial charge in [0.2, 0.25) is 6.29 Å². The van der Waals surface area contributed by atoms with Crippen molar-refractivity contribution in [3.63, 3.8) is 0 Å². The molecular weight excluding hydrogens is 592 g/mol. The van der Waals surface area contributed by atoms with E-state index in [0.29, 0.717) is 13.2 Å². The fourth-order valence-corrected chi connectivity index (χ4v) is 6.36. The molecule has 5 atom stereocenters. The van der Waals surface area contributed by atoms with Crippen LogP contribution in [0.1, 0.15) is 30.4 Å². The van der Waals surface area contributed by atoms with Gasteiger partial charge in [0.15, 0.2) is 6.10 Å². The topological polar surface area (TPSA) is 154 Å². The number of nitrogens with zero attached hydrogens (tertiary/aromatic N) is 2. The molecule has 0 bridgehead atoms. The van der Waals surface area contributed by atoms with E-state index in [1.807, 2.05) is 37.3 Å². The van der Waals surface area contributed by atoms with Crippen molar-refractivity contribution in [1.29, 1.82) is 0 Å². The van der Waals surface area contributed by atoms with Crippen LogP contribution in [0.5, 0.6) is 17.2 Å². The number of carbonyl (C=O) groups is 1. The highest BCUT2D eigenvalue weighted by atomic mass is 16.7. The van der Waals surface area contributed by atoms with E-state index >= 15 is 0 Å². The molecule has 11 nitrogen and oxygen atoms in total. The van der Waals surface area contributed by atoms with Crippen LogP contribution in [0.4, 0.5) is 0 Å². The predicted octanol–water partition coefficient (Wildman–Crippen LogP) is 3.51. The van der Waals surface area contributed by atoms with Gasteiger partial charge in [0.25, 0.3) is 0 Å². The molecule has 46 heavy (non-hydrogen) atoms. The highest BCUT2D eigenvalue weighted by Gasteiger charge is 2.48. The predicted molar refractivity (Wildman–Crippen MR) is 170 cm³/mol. The maximum absolute atomic E-state index is 11.5. The monoisotopic (exact) mass is 632 g/mol. The number of phenolic OH excluding ortho intramolecular Hbond substituents is 1. The molecule has 0 radical (unpaired) electrons. The number of fused-ring (bicyclic) bond motifs is 1. The lowest BCUT2D eigenvalue weighted by atomic mass is 9.99. The van der Waals surface area contributed by atoms with Crippen molar-refractivity contribution < 1.29 is 44.5 Å². The fraction of sp³-hybridized carbons (Fsp3) is 0.400. The molecule has 11 heteroatoms. The number of aliphatic hydroxyl groups is 3. The molecule has 5 N–H and O–H groups in total. The molecule has 2 aliphatic heterocycles. The van der Waals surface area contributed by atoms with Crippen LogP contribution in [-0.4, -0.2) is 97.9 Å². The third-order valence-corrected chi connectivity index (χ3v) is 8.88. The summed E-state index contributed by atoms with van der Waals surface area (Å²) < 4.78 is 19.4. The molecule has 3 aromatic carbocycles. The van der Waals surface area contributed by atoms with Crippen molar-refractivity contribution in [3.8, 4) is 28.5 Å². The summed E-state index contributed by atoms with van der Waals surface area (Å²) in [5.41, 5.74) is 4.74. The maximum Gasteiger partial charge on any atom is 0.335 e. The number of rotatable bonds is 10. The van der Waals surface area contributed by atoms with Gasteiger partial charge in [-0.2, -0.15) is 0 Å². The average molecular weight is 633 g/mol. The van der Waals surface area contributed by atoms with E-state index in [1.54, 1.807) is 24.3 Å². The second-order valence-corrected chi connectivity index (χ2v) is 12.0. The molecule has 6 rings (SSSR count). The molecule has 2 saturated heterocycles. The van der Waals surface area contributed by atoms with Gasteiger partial charge in [-0.25, -0.2) is 4.79 Å². The zero-order valence-corrected chi connectivity index (χ0v) is 25.7. The number of carboxylic acids is 1. The minimum absolute atomic E-state index is 0.161. The summed E-state index contributed by atoms with van der Waals surface area (Å²) in [6.07, 6.45) is -4.70. The number of carboxylic acid groups (broad SMARTS) is 1. The van der Waals surface area contributed by atoms with Crippen molar-refractivity contribution >= 4 is 16.9 Å². The Morgan fingerprint density at radius 3 is 2.28 bits per heavy atom. The SMILES string of the molecule is Cc1c(-c2ccc(O)cc2)n(Cc2ccc(OCCN3CCCCC3)cc2)c2ccc(O[C@@H]3O[C@H](C(=O)O)[C@@H](O)[C@H](O)[C@H]3O)cc12. The molecule has 0 spiro atoms. The van der Waals surface area contributed by atoms with Crippen LogP contribution in [0, 0.1) is 6.92 Å². The molecule has 2 fully saturated rings. The number of ether oxygens (including phenoxy) is 3. The molecule has 1 aromatic heterocycles. The fourth-order valence-electron chi connectivity index (χ4n) is 6.36. The zero-order valence-electron chi connectivity index (χ0n) is 25.7. The molecule has 244 valence electrons. The highest BCUT2D eigenvalue weighted by Crippen LogP contribution is 2.37. The number of hydrogen-bond donors (Lipinski definition) is 5. The van der Waals surface area contributed by atoms with Crippen molar-refractivity contribution in [2.45, 2.75) is 63.4 Å². The Labute approximate surface area is 266 Å².